The molecule has 0 aromatic heterocycles. The molecule has 0 spiro atoms. The zero-order chi connectivity index (χ0) is 46.3. The first-order chi connectivity index (χ1) is 30.6. The Labute approximate surface area is 383 Å². The van der Waals surface area contributed by atoms with Crippen LogP contribution in [0.15, 0.2) is 134 Å². The van der Waals surface area contributed by atoms with Crippen LogP contribution in [0.2, 0.25) is 0 Å². The van der Waals surface area contributed by atoms with E-state index in [1.165, 1.54) is 0 Å². The van der Waals surface area contributed by atoms with E-state index in [0.717, 1.165) is 96.3 Å². The van der Waals surface area contributed by atoms with Gasteiger partial charge in [0.05, 0.1) is 40.3 Å². The molecule has 0 saturated heterocycles. The quantitative estimate of drug-likeness (QED) is 0.0261. The van der Waals surface area contributed by atoms with Crippen LogP contribution < -0.4 is 5.11 Å². The zero-order valence-corrected chi connectivity index (χ0v) is 39.9. The Morgan fingerprint density at radius 3 is 1.25 bits per heavy atom. The summed E-state index contributed by atoms with van der Waals surface area (Å²) >= 11 is 0. The molecule has 0 bridgehead atoms. The highest BCUT2D eigenvalue weighted by molar-refractivity contribution is 5.70. The lowest BCUT2D eigenvalue weighted by molar-refractivity contribution is -0.889. The van der Waals surface area contributed by atoms with Crippen molar-refractivity contribution in [3.63, 3.8) is 0 Å². The minimum atomic E-state index is -1.14. The number of carboxylic acid groups (broad SMARTS) is 1. The predicted molar refractivity (Wildman–Crippen MR) is 263 cm³/mol. The van der Waals surface area contributed by atoms with Gasteiger partial charge in [-0.3, -0.25) is 9.59 Å². The second kappa shape index (κ2) is 44.1. The third-order valence-corrected chi connectivity index (χ3v) is 9.53. The third-order valence-electron chi connectivity index (χ3n) is 9.53. The van der Waals surface area contributed by atoms with Gasteiger partial charge in [-0.1, -0.05) is 154 Å². The Morgan fingerprint density at radius 1 is 0.476 bits per heavy atom. The molecule has 352 valence electrons. The van der Waals surface area contributed by atoms with E-state index >= 15 is 0 Å². The molecule has 0 amide bonds. The second-order valence-electron chi connectivity index (χ2n) is 16.2. The number of ether oxygens (including phenoxy) is 3. The minimum Gasteiger partial charge on any atom is -0.544 e. The molecule has 0 N–H and O–H groups in total. The van der Waals surface area contributed by atoms with Crippen LogP contribution in [0.4, 0.5) is 0 Å². The molecule has 63 heavy (non-hydrogen) atoms. The first kappa shape index (κ1) is 58.5. The van der Waals surface area contributed by atoms with Crippen molar-refractivity contribution < 1.29 is 38.2 Å². The van der Waals surface area contributed by atoms with Gasteiger partial charge in [-0.05, 0) is 103 Å². The number of rotatable bonds is 40. The molecule has 2 atom stereocenters. The number of unbranched alkanes of at least 4 members (excludes halogenated alkanes) is 4. The number of esters is 2. The molecule has 0 rings (SSSR count). The van der Waals surface area contributed by atoms with Gasteiger partial charge < -0.3 is 28.6 Å². The summed E-state index contributed by atoms with van der Waals surface area (Å²) in [5.41, 5.74) is 0. The number of quaternary nitrogens is 1. The summed E-state index contributed by atoms with van der Waals surface area (Å²) in [4.78, 5) is 36.9. The van der Waals surface area contributed by atoms with Crippen LogP contribution in [0.1, 0.15) is 142 Å². The number of carbonyl (C=O) groups excluding carboxylic acids is 3. The number of hydrogen-bond donors (Lipinski definition) is 0. The molecule has 8 heteroatoms. The average molecular weight is 872 g/mol. The van der Waals surface area contributed by atoms with Gasteiger partial charge in [0.15, 0.2) is 6.10 Å². The third kappa shape index (κ3) is 42.5. The highest BCUT2D eigenvalue weighted by atomic mass is 16.6. The van der Waals surface area contributed by atoms with Crippen molar-refractivity contribution in [2.24, 2.45) is 0 Å². The summed E-state index contributed by atoms with van der Waals surface area (Å²) < 4.78 is 17.1. The fourth-order valence-corrected chi connectivity index (χ4v) is 5.93. The predicted octanol–water partition coefficient (Wildman–Crippen LogP) is 12.2. The van der Waals surface area contributed by atoms with Gasteiger partial charge >= 0.3 is 11.9 Å². The van der Waals surface area contributed by atoms with Crippen LogP contribution in [0.5, 0.6) is 0 Å². The Balaban J connectivity index is 4.49. The molecule has 0 saturated carbocycles. The van der Waals surface area contributed by atoms with Crippen LogP contribution in [0.25, 0.3) is 0 Å². The zero-order valence-electron chi connectivity index (χ0n) is 39.9. The van der Waals surface area contributed by atoms with Crippen molar-refractivity contribution in [2.45, 2.75) is 154 Å². The normalized spacial score (nSPS) is 14.1. The molecule has 8 nitrogen and oxygen atoms in total. The van der Waals surface area contributed by atoms with Crippen molar-refractivity contribution in [1.29, 1.82) is 0 Å². The van der Waals surface area contributed by atoms with Crippen LogP contribution >= 0.6 is 0 Å². The van der Waals surface area contributed by atoms with E-state index in [1.54, 1.807) is 21.1 Å². The number of hydrogen-bond acceptors (Lipinski definition) is 7. The van der Waals surface area contributed by atoms with Crippen molar-refractivity contribution in [3.05, 3.63) is 134 Å². The fraction of sp³-hybridized carbons (Fsp3) is 0.545. The molecule has 0 radical (unpaired) electrons. The van der Waals surface area contributed by atoms with Gasteiger partial charge in [-0.25, -0.2) is 0 Å². The molecular formula is C55H85NO7. The van der Waals surface area contributed by atoms with E-state index < -0.39 is 18.1 Å². The second-order valence-corrected chi connectivity index (χ2v) is 16.2. The fourth-order valence-electron chi connectivity index (χ4n) is 5.93. The lowest BCUT2D eigenvalue weighted by Crippen LogP contribution is -2.55. The highest BCUT2D eigenvalue weighted by Gasteiger charge is 2.25. The van der Waals surface area contributed by atoms with Gasteiger partial charge in [0.1, 0.15) is 12.6 Å². The molecular weight excluding hydrogens is 787 g/mol. The molecule has 2 unspecified atom stereocenters. The summed E-state index contributed by atoms with van der Waals surface area (Å²) in [5, 5.41) is 11.6. The first-order valence-electron chi connectivity index (χ1n) is 23.7. The van der Waals surface area contributed by atoms with Crippen molar-refractivity contribution >= 4 is 17.9 Å². The summed E-state index contributed by atoms with van der Waals surface area (Å²) in [7, 11) is 5.36. The number of allylic oxidation sites excluding steroid dienone is 22. The lowest BCUT2D eigenvalue weighted by Gasteiger charge is -2.34. The number of aliphatic carboxylic acids is 1. The van der Waals surface area contributed by atoms with Crippen LogP contribution in [0, 0.1) is 0 Å². The van der Waals surface area contributed by atoms with E-state index in [2.05, 4.69) is 148 Å². The topological polar surface area (TPSA) is 102 Å². The van der Waals surface area contributed by atoms with E-state index in [-0.39, 0.29) is 55.5 Å². The maximum atomic E-state index is 12.8. The monoisotopic (exact) mass is 872 g/mol. The Kier molecular flexibility index (Phi) is 40.9. The highest BCUT2D eigenvalue weighted by Crippen LogP contribution is 2.11. The van der Waals surface area contributed by atoms with Gasteiger partial charge in [-0.2, -0.15) is 0 Å². The number of nitrogens with zero attached hydrogens (tertiary/aromatic N) is 1. The van der Waals surface area contributed by atoms with Crippen LogP contribution in [0.3, 0.4) is 0 Å². The average Bonchev–Trinajstić information content (AvgIpc) is 3.24. The molecule has 0 fully saturated rings. The summed E-state index contributed by atoms with van der Waals surface area (Å²) in [5.74, 6) is -1.88. The van der Waals surface area contributed by atoms with Crippen molar-refractivity contribution in [2.75, 3.05) is 41.0 Å². The summed E-state index contributed by atoms with van der Waals surface area (Å²) in [6, 6.07) is -0.750. The molecule has 0 heterocycles. The van der Waals surface area contributed by atoms with E-state index in [4.69, 9.17) is 14.2 Å². The maximum Gasteiger partial charge on any atom is 0.306 e. The molecule has 0 aliphatic heterocycles. The van der Waals surface area contributed by atoms with Crippen molar-refractivity contribution in [3.8, 4) is 0 Å². The summed E-state index contributed by atoms with van der Waals surface area (Å²) in [6.07, 6.45) is 63.4. The van der Waals surface area contributed by atoms with E-state index in [9.17, 15) is 19.5 Å². The number of likely N-dealkylation sites (N-methyl/N-ethyl adjacent to an activating group) is 1. The Morgan fingerprint density at radius 2 is 0.857 bits per heavy atom. The minimum absolute atomic E-state index is 0.00134. The molecule has 0 aliphatic carbocycles. The Hall–Kier alpha value is -4.53. The van der Waals surface area contributed by atoms with Gasteiger partial charge in [0, 0.05) is 19.3 Å². The smallest absolute Gasteiger partial charge is 0.306 e. The standard InChI is InChI=1S/C55H85NO7/c1-6-8-10-12-14-16-18-20-22-24-25-26-27-28-30-32-34-36-38-40-42-44-46-54(58)63-51(49-61-48-47-52(55(59)60)56(3,4)5)50-62-53(57)45-43-41-39-37-35-33-31-29-23-21-19-17-15-13-11-9-7-2/h8-11,14-17,20-23,25-26,28,30-31,33-34,36-37,39,51-52H,6-7,12-13,18-19,24,27,29,32,35,38,40-50H2,1-5H3/b10-8+,11-9+,16-14+,17-15+,22-20+,23-21+,26-25+,30-28+,33-31+,36-34+,39-37+. The SMILES string of the molecule is CC/C=C/C/C=C/C/C=C/C/C=C/C/C=C/C/C=C/CCCCCC(=O)OC(COCCC(C(=O)[O-])[N+](C)(C)C)COC(=O)CCC/C=C/C/C=C/C/C=C/C/C=C/C/C=C/CC. The van der Waals surface area contributed by atoms with Gasteiger partial charge in [-0.15, -0.1) is 0 Å². The number of carboxylic acids is 1. The van der Waals surface area contributed by atoms with Gasteiger partial charge in [0.2, 0.25) is 0 Å². The lowest BCUT2D eigenvalue weighted by atomic mass is 10.1. The van der Waals surface area contributed by atoms with Gasteiger partial charge in [0.25, 0.3) is 0 Å². The number of carbonyl (C=O) groups is 3. The maximum absolute atomic E-state index is 12.8. The molecule has 0 aromatic carbocycles. The van der Waals surface area contributed by atoms with Crippen molar-refractivity contribution in [1.82, 2.24) is 0 Å². The van der Waals surface area contributed by atoms with E-state index in [0.29, 0.717) is 12.8 Å². The van der Waals surface area contributed by atoms with Crippen LogP contribution in [-0.4, -0.2) is 75.5 Å². The van der Waals surface area contributed by atoms with E-state index in [1.807, 2.05) is 0 Å². The molecule has 0 aromatic rings. The Bertz CT molecular complexity index is 1480. The van der Waals surface area contributed by atoms with Crippen LogP contribution in [-0.2, 0) is 28.6 Å². The summed E-state index contributed by atoms with van der Waals surface area (Å²) in [6.45, 7) is 4.31. The largest absolute Gasteiger partial charge is 0.544 e. The first-order valence-corrected chi connectivity index (χ1v) is 23.7. The molecule has 0 aliphatic rings.